The number of rotatable bonds is 6. The van der Waals surface area contributed by atoms with Crippen molar-refractivity contribution in [1.29, 1.82) is 0 Å². The molecule has 0 bridgehead atoms. The molecule has 1 aromatic rings. The number of halogens is 2. The van der Waals surface area contributed by atoms with E-state index < -0.39 is 0 Å². The Balaban J connectivity index is 0.00000280. The van der Waals surface area contributed by atoms with Gasteiger partial charge in [-0.2, -0.15) is 5.10 Å². The quantitative estimate of drug-likeness (QED) is 0.519. The molecule has 28 heavy (non-hydrogen) atoms. The van der Waals surface area contributed by atoms with Gasteiger partial charge in [0.1, 0.15) is 0 Å². The number of nitrogens with zero attached hydrogens (tertiary/aromatic N) is 2. The number of hydrazone groups is 1. The van der Waals surface area contributed by atoms with Crippen LogP contribution in [0.25, 0.3) is 5.57 Å². The summed E-state index contributed by atoms with van der Waals surface area (Å²) in [7, 11) is 1.89. The second-order valence-corrected chi connectivity index (χ2v) is 7.28. The molecule has 0 amide bonds. The smallest absolute Gasteiger partial charge is 0.0597 e. The number of hydrogen-bond donors (Lipinski definition) is 1. The molecule has 0 atom stereocenters. The van der Waals surface area contributed by atoms with Gasteiger partial charge in [0.15, 0.2) is 0 Å². The average molecular weight is 488 g/mol. The summed E-state index contributed by atoms with van der Waals surface area (Å²) in [6.45, 7) is 10.1. The predicted molar refractivity (Wildman–Crippen MR) is 116 cm³/mol. The van der Waals surface area contributed by atoms with Crippen LogP contribution in [0, 0.1) is 6.54 Å². The van der Waals surface area contributed by atoms with Crippen LogP contribution in [0.3, 0.4) is 0 Å². The van der Waals surface area contributed by atoms with Crippen molar-refractivity contribution in [2.75, 3.05) is 7.05 Å². The van der Waals surface area contributed by atoms with Crippen LogP contribution in [-0.4, -0.2) is 18.3 Å². The maximum Gasteiger partial charge on any atom is 0.0597 e. The Bertz CT molecular complexity index is 880. The van der Waals surface area contributed by atoms with Gasteiger partial charge in [0.05, 0.1) is 5.70 Å². The molecule has 3 nitrogen and oxygen atoms in total. The minimum Gasteiger partial charge on any atom is -0.535 e. The Labute approximate surface area is 202 Å². The minimum absolute atomic E-state index is 0. The van der Waals surface area contributed by atoms with Crippen LogP contribution < -0.4 is 5.32 Å². The monoisotopic (exact) mass is 487 g/mol. The molecule has 0 spiro atoms. The van der Waals surface area contributed by atoms with E-state index in [0.717, 1.165) is 52.4 Å². The van der Waals surface area contributed by atoms with Crippen molar-refractivity contribution in [2.24, 2.45) is 5.10 Å². The van der Waals surface area contributed by atoms with Crippen molar-refractivity contribution in [1.82, 2.24) is 10.3 Å². The van der Waals surface area contributed by atoms with Crippen LogP contribution in [0.4, 0.5) is 0 Å². The fourth-order valence-corrected chi connectivity index (χ4v) is 3.70. The molecule has 1 aromatic carbocycles. The van der Waals surface area contributed by atoms with Gasteiger partial charge in [0, 0.05) is 72.9 Å². The molecule has 1 radical (unpaired) electrons. The van der Waals surface area contributed by atoms with Crippen LogP contribution in [0.5, 0.6) is 0 Å². The zero-order valence-corrected chi connectivity index (χ0v) is 20.2. The molecule has 6 heteroatoms. The predicted octanol–water partition coefficient (Wildman–Crippen LogP) is 5.73. The van der Waals surface area contributed by atoms with Gasteiger partial charge < -0.3 is 5.32 Å². The fraction of sp³-hybridized carbons (Fsp3) is 0.182. The van der Waals surface area contributed by atoms with Crippen molar-refractivity contribution in [2.45, 2.75) is 19.3 Å². The van der Waals surface area contributed by atoms with Crippen LogP contribution in [0.1, 0.15) is 24.0 Å². The molecule has 3 rings (SSSR count). The molecule has 1 N–H and O–H groups in total. The first-order chi connectivity index (χ1) is 13.0. The van der Waals surface area contributed by atoms with E-state index in [4.69, 9.17) is 23.2 Å². The Morgan fingerprint density at radius 1 is 1.29 bits per heavy atom. The van der Waals surface area contributed by atoms with E-state index in [2.05, 4.69) is 47.8 Å². The van der Waals surface area contributed by atoms with E-state index in [1.165, 1.54) is 5.56 Å². The summed E-state index contributed by atoms with van der Waals surface area (Å²) in [4.78, 5) is 0. The number of benzene rings is 1. The van der Waals surface area contributed by atoms with Gasteiger partial charge in [-0.15, -0.1) is 6.42 Å². The third-order valence-corrected chi connectivity index (χ3v) is 5.28. The summed E-state index contributed by atoms with van der Waals surface area (Å²) in [5.41, 5.74) is 5.81. The van der Waals surface area contributed by atoms with Gasteiger partial charge in [0.2, 0.25) is 0 Å². The normalized spacial score (nSPS) is 16.4. The number of allylic oxidation sites excluding steroid dienone is 5. The summed E-state index contributed by atoms with van der Waals surface area (Å²) < 4.78 is 0. The first kappa shape index (κ1) is 23.2. The maximum absolute atomic E-state index is 6.30. The first-order valence-corrected chi connectivity index (χ1v) is 9.51. The van der Waals surface area contributed by atoms with Gasteiger partial charge in [-0.05, 0) is 24.5 Å². The molecule has 1 heterocycles. The number of likely N-dealkylation sites (N-methyl/N-ethyl adjacent to an activating group) is 1. The van der Waals surface area contributed by atoms with Crippen LogP contribution in [0.2, 0.25) is 0 Å². The molecular formula is C22H22Cl2N3Y-. The van der Waals surface area contributed by atoms with Gasteiger partial charge >= 0.3 is 0 Å². The van der Waals surface area contributed by atoms with E-state index in [9.17, 15) is 0 Å². The molecule has 0 saturated carbocycles. The molecule has 0 fully saturated rings. The number of hydrogen-bond acceptors (Lipinski definition) is 3. The van der Waals surface area contributed by atoms with Gasteiger partial charge in [-0.25, -0.2) is 6.54 Å². The topological polar surface area (TPSA) is 27.6 Å². The Kier molecular flexibility index (Phi) is 8.76. The third kappa shape index (κ3) is 5.48. The van der Waals surface area contributed by atoms with Crippen molar-refractivity contribution in [3.63, 3.8) is 0 Å². The Morgan fingerprint density at radius 2 is 2.00 bits per heavy atom. The van der Waals surface area contributed by atoms with Gasteiger partial charge in [0.25, 0.3) is 0 Å². The summed E-state index contributed by atoms with van der Waals surface area (Å²) >= 11 is 12.6. The molecule has 0 aromatic heterocycles. The second-order valence-electron chi connectivity index (χ2n) is 6.41. The van der Waals surface area contributed by atoms with E-state index >= 15 is 0 Å². The fourth-order valence-electron chi connectivity index (χ4n) is 2.99. The minimum atomic E-state index is 0. The molecule has 0 saturated heterocycles. The molecule has 1 aliphatic carbocycles. The third-order valence-electron chi connectivity index (χ3n) is 4.56. The van der Waals surface area contributed by atoms with Crippen LogP contribution in [0.15, 0.2) is 81.7 Å². The Hall–Kier alpha value is -1.13. The first-order valence-electron chi connectivity index (χ1n) is 8.76. The van der Waals surface area contributed by atoms with Crippen LogP contribution in [-0.2, 0) is 39.1 Å². The van der Waals surface area contributed by atoms with Gasteiger partial charge in [-0.3, -0.25) is 5.01 Å². The molecular weight excluding hydrogens is 466 g/mol. The molecule has 2 aliphatic rings. The maximum atomic E-state index is 6.30. The van der Waals surface area contributed by atoms with E-state index in [1.54, 1.807) is 11.2 Å². The van der Waals surface area contributed by atoms with Crippen molar-refractivity contribution < 1.29 is 32.7 Å². The van der Waals surface area contributed by atoms with Crippen LogP contribution >= 0.6 is 23.2 Å². The van der Waals surface area contributed by atoms with E-state index in [-0.39, 0.29) is 32.7 Å². The Morgan fingerprint density at radius 3 is 2.68 bits per heavy atom. The van der Waals surface area contributed by atoms with E-state index in [1.807, 2.05) is 25.7 Å². The zero-order valence-electron chi connectivity index (χ0n) is 15.9. The molecule has 1 aliphatic heterocycles. The largest absolute Gasteiger partial charge is 0.535 e. The second kappa shape index (κ2) is 10.6. The summed E-state index contributed by atoms with van der Waals surface area (Å²) in [6, 6.07) is 8.41. The van der Waals surface area contributed by atoms with Crippen molar-refractivity contribution >= 4 is 35.0 Å². The molecule has 0 unspecified atom stereocenters. The standard InChI is InChI=1S/C22H22Cl2N3.Y/c1-15(22-20(23)5-4-6-21(22)24)25-13-11-17-7-9-18(10-8-17)19-12-14-26-27(3)16(19)2;/h5,7-10,12-14,25H,1-2,4,6,11H2,3H3;/q-1;. The zero-order chi connectivity index (χ0) is 19.4. The van der Waals surface area contributed by atoms with Gasteiger partial charge in [-0.1, -0.05) is 72.3 Å². The SMILES string of the molecule is C=C(N[CH-]Cc1ccc(C2=CC=NN(C)C2=C)cc1)C1=C(Cl)CCC=C1Cl.[Y]. The summed E-state index contributed by atoms with van der Waals surface area (Å²) in [6.07, 6.45) is 8.17. The number of nitrogens with one attached hydrogen (secondary N) is 1. The van der Waals surface area contributed by atoms with E-state index in [0.29, 0.717) is 5.03 Å². The van der Waals surface area contributed by atoms with Crippen molar-refractivity contribution in [3.8, 4) is 0 Å². The molecule has 143 valence electrons. The summed E-state index contributed by atoms with van der Waals surface area (Å²) in [5, 5.41) is 10.6. The van der Waals surface area contributed by atoms with Crippen molar-refractivity contribution in [3.05, 3.63) is 94.3 Å². The summed E-state index contributed by atoms with van der Waals surface area (Å²) in [5.74, 6) is 0. The average Bonchev–Trinajstić information content (AvgIpc) is 2.64.